The molecule has 2 heterocycles. The molecule has 20 heavy (non-hydrogen) atoms. The first-order valence-electron chi connectivity index (χ1n) is 7.74. The number of aromatic nitrogens is 2. The number of hydrogen-bond donors (Lipinski definition) is 1. The maximum atomic E-state index is 4.83. The van der Waals surface area contributed by atoms with E-state index in [-0.39, 0.29) is 0 Å². The van der Waals surface area contributed by atoms with Gasteiger partial charge < -0.3 is 5.32 Å². The van der Waals surface area contributed by atoms with Crippen LogP contribution in [0.5, 0.6) is 0 Å². The van der Waals surface area contributed by atoms with E-state index in [1.54, 1.807) is 4.88 Å². The molecule has 1 aliphatic rings. The van der Waals surface area contributed by atoms with Gasteiger partial charge in [0, 0.05) is 17.8 Å². The molecule has 108 valence electrons. The highest BCUT2D eigenvalue weighted by molar-refractivity contribution is 7.19. The van der Waals surface area contributed by atoms with Gasteiger partial charge in [0.05, 0.1) is 5.39 Å². The largest absolute Gasteiger partial charge is 0.370 e. The third-order valence-electron chi connectivity index (χ3n) is 3.80. The normalized spacial score (nSPS) is 14.8. The van der Waals surface area contributed by atoms with Crippen molar-refractivity contribution in [3.63, 3.8) is 0 Å². The lowest BCUT2D eigenvalue weighted by molar-refractivity contribution is 0.623. The van der Waals surface area contributed by atoms with Crippen LogP contribution in [0, 0.1) is 5.92 Å². The molecule has 4 heteroatoms. The molecule has 3 nitrogen and oxygen atoms in total. The third-order valence-corrected chi connectivity index (χ3v) is 4.98. The molecule has 0 radical (unpaired) electrons. The Hall–Kier alpha value is -1.16. The predicted octanol–water partition coefficient (Wildman–Crippen LogP) is 4.20. The average molecular weight is 289 g/mol. The van der Waals surface area contributed by atoms with Gasteiger partial charge >= 0.3 is 0 Å². The lowest BCUT2D eigenvalue weighted by atomic mass is 9.97. The number of anilines is 1. The zero-order valence-corrected chi connectivity index (χ0v) is 13.4. The molecule has 0 saturated carbocycles. The minimum absolute atomic E-state index is 0.594. The number of fused-ring (bicyclic) bond motifs is 3. The number of nitrogens with one attached hydrogen (secondary N) is 1. The molecule has 1 N–H and O–H groups in total. The number of hydrogen-bond acceptors (Lipinski definition) is 4. The van der Waals surface area contributed by atoms with Gasteiger partial charge in [-0.25, -0.2) is 9.97 Å². The van der Waals surface area contributed by atoms with Crippen LogP contribution in [0.3, 0.4) is 0 Å². The van der Waals surface area contributed by atoms with Crippen molar-refractivity contribution in [2.24, 2.45) is 5.92 Å². The molecule has 0 saturated heterocycles. The van der Waals surface area contributed by atoms with Crippen molar-refractivity contribution in [1.29, 1.82) is 0 Å². The zero-order chi connectivity index (χ0) is 14.1. The Labute approximate surface area is 124 Å². The maximum absolute atomic E-state index is 4.83. The van der Waals surface area contributed by atoms with Crippen molar-refractivity contribution in [1.82, 2.24) is 9.97 Å². The molecule has 0 fully saturated rings. The highest BCUT2D eigenvalue weighted by Gasteiger charge is 2.21. The molecule has 0 unspecified atom stereocenters. The van der Waals surface area contributed by atoms with Crippen molar-refractivity contribution < 1.29 is 0 Å². The van der Waals surface area contributed by atoms with Crippen LogP contribution in [0.4, 0.5) is 5.82 Å². The summed E-state index contributed by atoms with van der Waals surface area (Å²) in [4.78, 5) is 12.4. The minimum atomic E-state index is 0.594. The second kappa shape index (κ2) is 5.68. The fraction of sp³-hybridized carbons (Fsp3) is 0.625. The van der Waals surface area contributed by atoms with Crippen molar-refractivity contribution >= 4 is 27.4 Å². The van der Waals surface area contributed by atoms with Gasteiger partial charge in [0.15, 0.2) is 0 Å². The van der Waals surface area contributed by atoms with Gasteiger partial charge in [0.25, 0.3) is 0 Å². The van der Waals surface area contributed by atoms with Crippen LogP contribution in [0.2, 0.25) is 0 Å². The van der Waals surface area contributed by atoms with E-state index in [1.165, 1.54) is 41.5 Å². The van der Waals surface area contributed by atoms with E-state index in [2.05, 4.69) is 26.1 Å². The monoisotopic (exact) mass is 289 g/mol. The van der Waals surface area contributed by atoms with Crippen LogP contribution in [0.1, 0.15) is 49.9 Å². The van der Waals surface area contributed by atoms with E-state index >= 15 is 0 Å². The van der Waals surface area contributed by atoms with E-state index in [0.29, 0.717) is 5.92 Å². The van der Waals surface area contributed by atoms with Gasteiger partial charge in [-0.1, -0.05) is 13.8 Å². The fourth-order valence-electron chi connectivity index (χ4n) is 2.95. The molecule has 3 rings (SSSR count). The maximum Gasteiger partial charge on any atom is 0.138 e. The highest BCUT2D eigenvalue weighted by atomic mass is 32.1. The molecule has 2 aromatic heterocycles. The van der Waals surface area contributed by atoms with Gasteiger partial charge in [-0.15, -0.1) is 11.3 Å². The molecular formula is C16H23N3S. The van der Waals surface area contributed by atoms with E-state index in [9.17, 15) is 0 Å². The summed E-state index contributed by atoms with van der Waals surface area (Å²) in [6.45, 7) is 7.49. The van der Waals surface area contributed by atoms with Crippen molar-refractivity contribution in [2.75, 3.05) is 11.9 Å². The molecule has 0 spiro atoms. The van der Waals surface area contributed by atoms with Crippen molar-refractivity contribution in [3.8, 4) is 0 Å². The molecular weight excluding hydrogens is 266 g/mol. The molecule has 0 bridgehead atoms. The Kier molecular flexibility index (Phi) is 3.92. The Morgan fingerprint density at radius 1 is 1.20 bits per heavy atom. The van der Waals surface area contributed by atoms with Crippen LogP contribution < -0.4 is 5.32 Å². The van der Waals surface area contributed by atoms with Crippen molar-refractivity contribution in [3.05, 3.63) is 16.3 Å². The van der Waals surface area contributed by atoms with E-state index < -0.39 is 0 Å². The Morgan fingerprint density at radius 3 is 2.75 bits per heavy atom. The van der Waals surface area contributed by atoms with Crippen LogP contribution >= 0.6 is 11.3 Å². The van der Waals surface area contributed by atoms with Gasteiger partial charge in [-0.3, -0.25) is 0 Å². The van der Waals surface area contributed by atoms with Gasteiger partial charge in [-0.05, 0) is 44.1 Å². The Balaban J connectivity index is 2.14. The summed E-state index contributed by atoms with van der Waals surface area (Å²) in [5.41, 5.74) is 1.52. The lowest BCUT2D eigenvalue weighted by Crippen LogP contribution is -2.07. The molecule has 0 amide bonds. The summed E-state index contributed by atoms with van der Waals surface area (Å²) in [5, 5.41) is 4.76. The summed E-state index contributed by atoms with van der Waals surface area (Å²) in [7, 11) is 0. The lowest BCUT2D eigenvalue weighted by Gasteiger charge is -2.13. The number of rotatable bonds is 4. The Morgan fingerprint density at radius 2 is 2.00 bits per heavy atom. The summed E-state index contributed by atoms with van der Waals surface area (Å²) in [6.07, 6.45) is 6.00. The summed E-state index contributed by atoms with van der Waals surface area (Å²) in [5.74, 6) is 2.64. The number of aryl methyl sites for hydroxylation is 2. The smallest absolute Gasteiger partial charge is 0.138 e. The second-order valence-electron chi connectivity index (χ2n) is 6.01. The summed E-state index contributed by atoms with van der Waals surface area (Å²) < 4.78 is 0. The van der Waals surface area contributed by atoms with Crippen molar-refractivity contribution in [2.45, 2.75) is 52.9 Å². The number of nitrogens with zero attached hydrogens (tertiary/aromatic N) is 2. The quantitative estimate of drug-likeness (QED) is 0.916. The predicted molar refractivity (Wildman–Crippen MR) is 86.8 cm³/mol. The SMILES string of the molecule is CCNc1nc(CC(C)C)nc2sc3c(c12)CCCC3. The first-order chi connectivity index (χ1) is 9.69. The summed E-state index contributed by atoms with van der Waals surface area (Å²) >= 11 is 1.89. The van der Waals surface area contributed by atoms with E-state index in [0.717, 1.165) is 24.6 Å². The van der Waals surface area contributed by atoms with Gasteiger partial charge in [0.2, 0.25) is 0 Å². The fourth-order valence-corrected chi connectivity index (χ4v) is 4.23. The van der Waals surface area contributed by atoms with Gasteiger partial charge in [-0.2, -0.15) is 0 Å². The standard InChI is InChI=1S/C16H23N3S/c1-4-17-15-14-11-7-5-6-8-12(11)20-16(14)19-13(18-15)9-10(2)3/h10H,4-9H2,1-3H3,(H,17,18,19). The zero-order valence-electron chi connectivity index (χ0n) is 12.6. The molecule has 2 aromatic rings. The molecule has 1 aliphatic carbocycles. The van der Waals surface area contributed by atoms with Gasteiger partial charge in [0.1, 0.15) is 16.5 Å². The Bertz CT molecular complexity index is 616. The first kappa shape index (κ1) is 13.8. The number of thiophene rings is 1. The van der Waals surface area contributed by atoms with Crippen LogP contribution in [-0.4, -0.2) is 16.5 Å². The van der Waals surface area contributed by atoms with E-state index in [1.807, 2.05) is 11.3 Å². The molecule has 0 aliphatic heterocycles. The highest BCUT2D eigenvalue weighted by Crippen LogP contribution is 2.38. The molecule has 0 atom stereocenters. The van der Waals surface area contributed by atoms with Crippen LogP contribution in [0.15, 0.2) is 0 Å². The second-order valence-corrected chi connectivity index (χ2v) is 7.09. The van der Waals surface area contributed by atoms with Crippen LogP contribution in [-0.2, 0) is 19.3 Å². The average Bonchev–Trinajstić information content (AvgIpc) is 2.76. The topological polar surface area (TPSA) is 37.8 Å². The van der Waals surface area contributed by atoms with Crippen LogP contribution in [0.25, 0.3) is 10.2 Å². The first-order valence-corrected chi connectivity index (χ1v) is 8.55. The molecule has 0 aromatic carbocycles. The summed E-state index contributed by atoms with van der Waals surface area (Å²) in [6, 6.07) is 0. The third kappa shape index (κ3) is 2.53. The minimum Gasteiger partial charge on any atom is -0.370 e. The van der Waals surface area contributed by atoms with E-state index in [4.69, 9.17) is 9.97 Å².